The largest absolute Gasteiger partial charge is 0.480 e. The van der Waals surface area contributed by atoms with Crippen LogP contribution in [0.1, 0.15) is 5.56 Å². The first-order chi connectivity index (χ1) is 8.93. The predicted molar refractivity (Wildman–Crippen MR) is 65.3 cm³/mol. The molecule has 4 N–H and O–H groups in total. The number of hydrogen-bond donors (Lipinski definition) is 4. The Hall–Kier alpha value is -1.86. The van der Waals surface area contributed by atoms with E-state index in [-0.39, 0.29) is 11.6 Å². The number of halogens is 2. The lowest BCUT2D eigenvalue weighted by atomic mass is 10.2. The van der Waals surface area contributed by atoms with Crippen molar-refractivity contribution in [2.75, 3.05) is 6.61 Å². The van der Waals surface area contributed by atoms with Crippen molar-refractivity contribution >= 4 is 23.6 Å². The molecule has 0 bridgehead atoms. The minimum atomic E-state index is -1.38. The van der Waals surface area contributed by atoms with Gasteiger partial charge in [0.05, 0.1) is 11.6 Å². The number of benzene rings is 1. The summed E-state index contributed by atoms with van der Waals surface area (Å²) < 4.78 is 12.9. The maximum Gasteiger partial charge on any atom is 0.328 e. The zero-order valence-electron chi connectivity index (χ0n) is 9.69. The highest BCUT2D eigenvalue weighted by molar-refractivity contribution is 6.30. The molecule has 6 nitrogen and oxygen atoms in total. The molecule has 8 heteroatoms. The van der Waals surface area contributed by atoms with Gasteiger partial charge in [0.25, 0.3) is 0 Å². The summed E-state index contributed by atoms with van der Waals surface area (Å²) in [6, 6.07) is 1.80. The van der Waals surface area contributed by atoms with Crippen LogP contribution < -0.4 is 10.6 Å². The van der Waals surface area contributed by atoms with Gasteiger partial charge in [-0.2, -0.15) is 0 Å². The molecule has 2 amide bonds. The lowest BCUT2D eigenvalue weighted by molar-refractivity contribution is -0.140. The Morgan fingerprint density at radius 1 is 1.42 bits per heavy atom. The van der Waals surface area contributed by atoms with Crippen LogP contribution in [0.25, 0.3) is 0 Å². The average molecular weight is 291 g/mol. The molecule has 1 aromatic rings. The van der Waals surface area contributed by atoms with Crippen molar-refractivity contribution in [1.82, 2.24) is 10.6 Å². The van der Waals surface area contributed by atoms with Gasteiger partial charge in [-0.15, -0.1) is 0 Å². The van der Waals surface area contributed by atoms with Crippen molar-refractivity contribution in [1.29, 1.82) is 0 Å². The van der Waals surface area contributed by atoms with E-state index in [0.717, 1.165) is 6.07 Å². The molecule has 0 saturated heterocycles. The second-order valence-corrected chi connectivity index (χ2v) is 4.06. The maximum atomic E-state index is 12.9. The van der Waals surface area contributed by atoms with E-state index < -0.39 is 30.5 Å². The molecule has 0 spiro atoms. The first-order valence-corrected chi connectivity index (χ1v) is 5.63. The molecule has 104 valence electrons. The van der Waals surface area contributed by atoms with E-state index in [2.05, 4.69) is 10.6 Å². The molecule has 1 unspecified atom stereocenters. The highest BCUT2D eigenvalue weighted by Crippen LogP contribution is 2.15. The monoisotopic (exact) mass is 290 g/mol. The fourth-order valence-corrected chi connectivity index (χ4v) is 1.43. The smallest absolute Gasteiger partial charge is 0.328 e. The minimum absolute atomic E-state index is 0.0452. The molecule has 0 fully saturated rings. The van der Waals surface area contributed by atoms with Crippen LogP contribution in [0.5, 0.6) is 0 Å². The van der Waals surface area contributed by atoms with Gasteiger partial charge in [-0.25, -0.2) is 14.0 Å². The van der Waals surface area contributed by atoms with Crippen LogP contribution in [0.4, 0.5) is 9.18 Å². The number of aliphatic hydroxyl groups excluding tert-OH is 1. The molecular weight excluding hydrogens is 279 g/mol. The topological polar surface area (TPSA) is 98.7 Å². The lowest BCUT2D eigenvalue weighted by Gasteiger charge is -2.12. The predicted octanol–water partition coefficient (Wildman–Crippen LogP) is 0.724. The summed E-state index contributed by atoms with van der Waals surface area (Å²) in [5.74, 6) is -1.91. The van der Waals surface area contributed by atoms with Crippen molar-refractivity contribution < 1.29 is 24.2 Å². The number of aliphatic hydroxyl groups is 1. The quantitative estimate of drug-likeness (QED) is 0.642. The van der Waals surface area contributed by atoms with Crippen molar-refractivity contribution in [3.63, 3.8) is 0 Å². The molecule has 0 heterocycles. The zero-order chi connectivity index (χ0) is 14.4. The lowest BCUT2D eigenvalue weighted by Crippen LogP contribution is -2.47. The minimum Gasteiger partial charge on any atom is -0.480 e. The second kappa shape index (κ2) is 6.91. The third kappa shape index (κ3) is 4.72. The van der Waals surface area contributed by atoms with Crippen LogP contribution in [0.15, 0.2) is 18.2 Å². The summed E-state index contributed by atoms with van der Waals surface area (Å²) in [6.45, 7) is -0.672. The van der Waals surface area contributed by atoms with Crippen LogP contribution in [0.3, 0.4) is 0 Å². The van der Waals surface area contributed by atoms with E-state index in [4.69, 9.17) is 21.8 Å². The van der Waals surface area contributed by atoms with E-state index in [1.807, 2.05) is 0 Å². The number of nitrogens with one attached hydrogen (secondary N) is 2. The Labute approximate surface area is 113 Å². The van der Waals surface area contributed by atoms with Crippen LogP contribution in [0.2, 0.25) is 5.02 Å². The van der Waals surface area contributed by atoms with Gasteiger partial charge in [-0.3, -0.25) is 0 Å². The Bertz CT molecular complexity index is 484. The fraction of sp³-hybridized carbons (Fsp3) is 0.273. The normalized spacial score (nSPS) is 11.7. The van der Waals surface area contributed by atoms with E-state index >= 15 is 0 Å². The Kier molecular flexibility index (Phi) is 5.53. The zero-order valence-corrected chi connectivity index (χ0v) is 10.4. The number of aliphatic carboxylic acids is 1. The number of amides is 2. The molecular formula is C11H12ClFN2O4. The molecule has 1 aromatic carbocycles. The number of carbonyl (C=O) groups excluding carboxylic acids is 1. The summed E-state index contributed by atoms with van der Waals surface area (Å²) in [6.07, 6.45) is 0. The number of carboxylic acid groups (broad SMARTS) is 1. The average Bonchev–Trinajstić information content (AvgIpc) is 2.37. The summed E-state index contributed by atoms with van der Waals surface area (Å²) in [7, 11) is 0. The Morgan fingerprint density at radius 2 is 2.11 bits per heavy atom. The molecule has 0 aliphatic heterocycles. The summed E-state index contributed by atoms with van der Waals surface area (Å²) >= 11 is 5.56. The molecule has 0 saturated carbocycles. The first kappa shape index (κ1) is 15.2. The van der Waals surface area contributed by atoms with E-state index in [9.17, 15) is 14.0 Å². The molecule has 0 aliphatic rings. The van der Waals surface area contributed by atoms with Crippen LogP contribution in [-0.2, 0) is 11.3 Å². The second-order valence-electron chi connectivity index (χ2n) is 3.65. The van der Waals surface area contributed by atoms with Gasteiger partial charge < -0.3 is 20.8 Å². The Morgan fingerprint density at radius 3 is 2.63 bits per heavy atom. The molecule has 0 aromatic heterocycles. The summed E-state index contributed by atoms with van der Waals surface area (Å²) in [5.41, 5.74) is 0.553. The van der Waals surface area contributed by atoms with Gasteiger partial charge in [0.15, 0.2) is 6.04 Å². The maximum absolute atomic E-state index is 12.9. The van der Waals surface area contributed by atoms with E-state index in [0.29, 0.717) is 5.56 Å². The highest BCUT2D eigenvalue weighted by atomic mass is 35.5. The van der Waals surface area contributed by atoms with Gasteiger partial charge >= 0.3 is 12.0 Å². The van der Waals surface area contributed by atoms with Crippen LogP contribution in [-0.4, -0.2) is 34.9 Å². The molecule has 1 atom stereocenters. The number of carboxylic acids is 1. The SMILES string of the molecule is O=C(NCc1ccc(F)c(Cl)c1)NC(CO)C(=O)O. The molecule has 0 aliphatic carbocycles. The third-order valence-corrected chi connectivity index (χ3v) is 2.51. The van der Waals surface area contributed by atoms with Crippen molar-refractivity contribution in [3.8, 4) is 0 Å². The van der Waals surface area contributed by atoms with Gasteiger partial charge in [0.2, 0.25) is 0 Å². The van der Waals surface area contributed by atoms with Crippen molar-refractivity contribution in [2.24, 2.45) is 0 Å². The standard InChI is InChI=1S/C11H12ClFN2O4/c12-7-3-6(1-2-8(7)13)4-14-11(19)15-9(5-16)10(17)18/h1-3,9,16H,4-5H2,(H,17,18)(H2,14,15,19). The summed E-state index contributed by atoms with van der Waals surface area (Å²) in [5, 5.41) is 21.7. The molecule has 1 rings (SSSR count). The van der Waals surface area contributed by atoms with Crippen LogP contribution in [0, 0.1) is 5.82 Å². The van der Waals surface area contributed by atoms with Gasteiger partial charge in [0.1, 0.15) is 5.82 Å². The van der Waals surface area contributed by atoms with Gasteiger partial charge in [-0.05, 0) is 17.7 Å². The number of carbonyl (C=O) groups is 2. The molecule has 19 heavy (non-hydrogen) atoms. The fourth-order valence-electron chi connectivity index (χ4n) is 1.23. The number of urea groups is 1. The molecule has 0 radical (unpaired) electrons. The van der Waals surface area contributed by atoms with E-state index in [1.54, 1.807) is 0 Å². The Balaban J connectivity index is 2.49. The van der Waals surface area contributed by atoms with Crippen molar-refractivity contribution in [3.05, 3.63) is 34.6 Å². The van der Waals surface area contributed by atoms with Gasteiger partial charge in [-0.1, -0.05) is 17.7 Å². The number of rotatable bonds is 5. The number of hydrogen-bond acceptors (Lipinski definition) is 3. The highest BCUT2D eigenvalue weighted by Gasteiger charge is 2.18. The third-order valence-electron chi connectivity index (χ3n) is 2.22. The van der Waals surface area contributed by atoms with E-state index in [1.165, 1.54) is 12.1 Å². The van der Waals surface area contributed by atoms with Crippen molar-refractivity contribution in [2.45, 2.75) is 12.6 Å². The van der Waals surface area contributed by atoms with Gasteiger partial charge in [0, 0.05) is 6.54 Å². The summed E-state index contributed by atoms with van der Waals surface area (Å²) in [4.78, 5) is 21.9. The first-order valence-electron chi connectivity index (χ1n) is 5.26. The van der Waals surface area contributed by atoms with Crippen LogP contribution >= 0.6 is 11.6 Å².